The predicted octanol–water partition coefficient (Wildman–Crippen LogP) is 3.65. The normalized spacial score (nSPS) is 11.0. The summed E-state index contributed by atoms with van der Waals surface area (Å²) in [6.07, 6.45) is 4.02. The molecule has 6 nitrogen and oxygen atoms in total. The highest BCUT2D eigenvalue weighted by Gasteiger charge is 2.19. The van der Waals surface area contributed by atoms with E-state index in [0.29, 0.717) is 12.4 Å². The van der Waals surface area contributed by atoms with Crippen LogP contribution in [0.2, 0.25) is 0 Å². The molecule has 158 valence electrons. The molecule has 0 bridgehead atoms. The van der Waals surface area contributed by atoms with Crippen LogP contribution in [0.4, 0.5) is 14.6 Å². The van der Waals surface area contributed by atoms with Crippen molar-refractivity contribution in [2.45, 2.75) is 26.2 Å². The topological polar surface area (TPSA) is 67.2 Å². The number of unbranched alkanes of at least 4 members (excludes halogenated alkanes) is 2. The maximum absolute atomic E-state index is 14.6. The smallest absolute Gasteiger partial charge is 0.256 e. The maximum Gasteiger partial charge on any atom is 0.256 e. The van der Waals surface area contributed by atoms with Gasteiger partial charge < -0.3 is 10.2 Å². The molecule has 3 aromatic rings. The number of rotatable bonds is 7. The summed E-state index contributed by atoms with van der Waals surface area (Å²) in [5.41, 5.74) is -0.444. The van der Waals surface area contributed by atoms with Gasteiger partial charge in [-0.05, 0) is 30.7 Å². The van der Waals surface area contributed by atoms with E-state index in [1.54, 1.807) is 31.1 Å². The molecule has 0 saturated heterocycles. The minimum atomic E-state index is -0.827. The van der Waals surface area contributed by atoms with Crippen LogP contribution in [0.1, 0.15) is 36.5 Å². The summed E-state index contributed by atoms with van der Waals surface area (Å²) in [4.78, 5) is 31.8. The molecule has 1 aromatic carbocycles. The average molecular weight is 414 g/mol. The van der Waals surface area contributed by atoms with E-state index in [-0.39, 0.29) is 22.3 Å². The summed E-state index contributed by atoms with van der Waals surface area (Å²) in [7, 11) is 3.57. The van der Waals surface area contributed by atoms with E-state index in [9.17, 15) is 18.4 Å². The molecule has 0 aliphatic carbocycles. The lowest BCUT2D eigenvalue weighted by molar-refractivity contribution is 0.0951. The van der Waals surface area contributed by atoms with E-state index in [4.69, 9.17) is 0 Å². The number of fused-ring (bicyclic) bond motifs is 1. The van der Waals surface area contributed by atoms with Crippen LogP contribution in [0.3, 0.4) is 0 Å². The van der Waals surface area contributed by atoms with Gasteiger partial charge >= 0.3 is 0 Å². The number of amides is 1. The van der Waals surface area contributed by atoms with E-state index < -0.39 is 23.0 Å². The minimum Gasteiger partial charge on any atom is -0.363 e. The number of hydrogen-bond acceptors (Lipinski definition) is 4. The van der Waals surface area contributed by atoms with E-state index in [2.05, 4.69) is 17.2 Å². The number of hydrogen-bond donors (Lipinski definition) is 1. The fourth-order valence-corrected chi connectivity index (χ4v) is 3.14. The van der Waals surface area contributed by atoms with E-state index in [0.717, 1.165) is 31.4 Å². The van der Waals surface area contributed by atoms with Crippen molar-refractivity contribution in [3.63, 3.8) is 0 Å². The SMILES string of the molecule is CCCCCNC(=O)c1cn(-c2ccc(F)cc2F)c2nc(N(C)C)ccc2c1=O. The minimum absolute atomic E-state index is 0.00941. The lowest BCUT2D eigenvalue weighted by atomic mass is 10.1. The van der Waals surface area contributed by atoms with Crippen LogP contribution in [0.15, 0.2) is 41.3 Å². The van der Waals surface area contributed by atoms with Crippen LogP contribution < -0.4 is 15.6 Å². The third-order valence-corrected chi connectivity index (χ3v) is 4.77. The van der Waals surface area contributed by atoms with Crippen molar-refractivity contribution >= 4 is 22.8 Å². The molecule has 0 atom stereocenters. The predicted molar refractivity (Wildman–Crippen MR) is 113 cm³/mol. The highest BCUT2D eigenvalue weighted by molar-refractivity contribution is 5.97. The number of carbonyl (C=O) groups is 1. The lowest BCUT2D eigenvalue weighted by Gasteiger charge is -2.16. The summed E-state index contributed by atoms with van der Waals surface area (Å²) in [6.45, 7) is 2.49. The van der Waals surface area contributed by atoms with Gasteiger partial charge in [0.05, 0.1) is 11.1 Å². The Morgan fingerprint density at radius 2 is 1.93 bits per heavy atom. The Morgan fingerprint density at radius 1 is 1.17 bits per heavy atom. The molecule has 0 saturated carbocycles. The average Bonchev–Trinajstić information content (AvgIpc) is 2.71. The van der Waals surface area contributed by atoms with Crippen LogP contribution in [0.5, 0.6) is 0 Å². The molecule has 8 heteroatoms. The zero-order valence-electron chi connectivity index (χ0n) is 17.2. The summed E-state index contributed by atoms with van der Waals surface area (Å²) >= 11 is 0. The van der Waals surface area contributed by atoms with Gasteiger partial charge in [0.2, 0.25) is 5.43 Å². The summed E-state index contributed by atoms with van der Waals surface area (Å²) in [5, 5.41) is 2.91. The molecule has 2 aromatic heterocycles. The Hall–Kier alpha value is -3.29. The third kappa shape index (κ3) is 4.32. The van der Waals surface area contributed by atoms with E-state index >= 15 is 0 Å². The second-order valence-corrected chi connectivity index (χ2v) is 7.24. The molecule has 0 fully saturated rings. The van der Waals surface area contributed by atoms with Crippen LogP contribution in [0.25, 0.3) is 16.7 Å². The first kappa shape index (κ1) is 21.4. The van der Waals surface area contributed by atoms with Gasteiger partial charge in [0.1, 0.15) is 23.0 Å². The first-order chi connectivity index (χ1) is 14.3. The number of anilines is 1. The van der Waals surface area contributed by atoms with Gasteiger partial charge in [-0.25, -0.2) is 13.8 Å². The molecule has 3 rings (SSSR count). The molecule has 2 heterocycles. The van der Waals surface area contributed by atoms with Crippen molar-refractivity contribution in [2.75, 3.05) is 25.5 Å². The van der Waals surface area contributed by atoms with Crippen molar-refractivity contribution < 1.29 is 13.6 Å². The third-order valence-electron chi connectivity index (χ3n) is 4.77. The first-order valence-electron chi connectivity index (χ1n) is 9.80. The molecule has 0 unspecified atom stereocenters. The largest absolute Gasteiger partial charge is 0.363 e. The number of pyridine rings is 2. The van der Waals surface area contributed by atoms with Crippen molar-refractivity contribution in [3.8, 4) is 5.69 Å². The lowest BCUT2D eigenvalue weighted by Crippen LogP contribution is -2.30. The van der Waals surface area contributed by atoms with Gasteiger partial charge in [0.15, 0.2) is 5.65 Å². The Kier molecular flexibility index (Phi) is 6.44. The fraction of sp³-hybridized carbons (Fsp3) is 0.318. The number of nitrogens with zero attached hydrogens (tertiary/aromatic N) is 3. The summed E-state index contributed by atoms with van der Waals surface area (Å²) in [5.74, 6) is -1.54. The molecule has 0 aliphatic heterocycles. The Balaban J connectivity index is 2.20. The van der Waals surface area contributed by atoms with Crippen LogP contribution >= 0.6 is 0 Å². The van der Waals surface area contributed by atoms with Crippen LogP contribution in [0, 0.1) is 11.6 Å². The zero-order chi connectivity index (χ0) is 21.8. The van der Waals surface area contributed by atoms with Crippen molar-refractivity contribution in [2.24, 2.45) is 0 Å². The van der Waals surface area contributed by atoms with Crippen LogP contribution in [-0.4, -0.2) is 36.1 Å². The Bertz CT molecular complexity index is 1140. The monoisotopic (exact) mass is 414 g/mol. The summed E-state index contributed by atoms with van der Waals surface area (Å²) < 4.78 is 29.3. The second kappa shape index (κ2) is 9.02. The molecule has 0 spiro atoms. The van der Waals surface area contributed by atoms with Crippen molar-refractivity contribution in [3.05, 3.63) is 63.9 Å². The van der Waals surface area contributed by atoms with Crippen LogP contribution in [-0.2, 0) is 0 Å². The highest BCUT2D eigenvalue weighted by Crippen LogP contribution is 2.22. The molecule has 30 heavy (non-hydrogen) atoms. The maximum atomic E-state index is 14.6. The Labute approximate surface area is 173 Å². The van der Waals surface area contributed by atoms with Gasteiger partial charge in [-0.15, -0.1) is 0 Å². The van der Waals surface area contributed by atoms with Gasteiger partial charge in [-0.1, -0.05) is 19.8 Å². The first-order valence-corrected chi connectivity index (χ1v) is 9.80. The van der Waals surface area contributed by atoms with Gasteiger partial charge in [-0.2, -0.15) is 0 Å². The van der Waals surface area contributed by atoms with E-state index in [1.807, 2.05) is 0 Å². The second-order valence-electron chi connectivity index (χ2n) is 7.24. The molecule has 0 radical (unpaired) electrons. The number of carbonyl (C=O) groups excluding carboxylic acids is 1. The number of benzene rings is 1. The Morgan fingerprint density at radius 3 is 2.60 bits per heavy atom. The molecule has 0 aliphatic rings. The molecular formula is C22H24F2N4O2. The van der Waals surface area contributed by atoms with Gasteiger partial charge in [0.25, 0.3) is 5.91 Å². The van der Waals surface area contributed by atoms with E-state index in [1.165, 1.54) is 16.8 Å². The highest BCUT2D eigenvalue weighted by atomic mass is 19.1. The quantitative estimate of drug-likeness (QED) is 0.600. The fourth-order valence-electron chi connectivity index (χ4n) is 3.14. The number of nitrogens with one attached hydrogen (secondary N) is 1. The zero-order valence-corrected chi connectivity index (χ0v) is 17.2. The van der Waals surface area contributed by atoms with Gasteiger partial charge in [-0.3, -0.25) is 14.2 Å². The standard InChI is InChI=1S/C22H24F2N4O2/c1-4-5-6-11-25-22(30)16-13-28(18-9-7-14(23)12-17(18)24)21-15(20(16)29)8-10-19(26-21)27(2)3/h7-10,12-13H,4-6,11H2,1-3H3,(H,25,30). The van der Waals surface area contributed by atoms with Crippen molar-refractivity contribution in [1.82, 2.24) is 14.9 Å². The molecule has 1 amide bonds. The molecule has 1 N–H and O–H groups in total. The van der Waals surface area contributed by atoms with Gasteiger partial charge in [0, 0.05) is 32.9 Å². The summed E-state index contributed by atoms with van der Waals surface area (Å²) in [6, 6.07) is 6.33. The van der Waals surface area contributed by atoms with Crippen molar-refractivity contribution in [1.29, 1.82) is 0 Å². The molecular weight excluding hydrogens is 390 g/mol. The number of aromatic nitrogens is 2. The number of halogens is 2.